The van der Waals surface area contributed by atoms with Crippen molar-refractivity contribution in [1.82, 2.24) is 0 Å². The van der Waals surface area contributed by atoms with Gasteiger partial charge in [0.1, 0.15) is 11.6 Å². The molecule has 0 radical (unpaired) electrons. The molecule has 0 saturated carbocycles. The minimum absolute atomic E-state index is 0.105. The molecule has 0 atom stereocenters. The van der Waals surface area contributed by atoms with Crippen molar-refractivity contribution < 1.29 is 18.7 Å². The molecule has 2 aromatic carbocycles. The molecule has 2 rings (SSSR count). The maximum atomic E-state index is 13.3. The Bertz CT molecular complexity index is 699. The van der Waals surface area contributed by atoms with Crippen molar-refractivity contribution in [1.29, 1.82) is 0 Å². The number of hydrogen-bond donors (Lipinski definition) is 2. The Morgan fingerprint density at radius 3 is 2.14 bits per heavy atom. The van der Waals surface area contributed by atoms with Crippen LogP contribution < -0.4 is 15.4 Å². The zero-order valence-electron chi connectivity index (χ0n) is 12.1. The second-order valence-corrected chi connectivity index (χ2v) is 4.56. The van der Waals surface area contributed by atoms with E-state index in [2.05, 4.69) is 10.6 Å². The van der Waals surface area contributed by atoms with Crippen molar-refractivity contribution in [2.24, 2.45) is 0 Å². The summed E-state index contributed by atoms with van der Waals surface area (Å²) in [6.45, 7) is 1.41. The van der Waals surface area contributed by atoms with Crippen molar-refractivity contribution in [3.05, 3.63) is 53.8 Å². The summed E-state index contributed by atoms with van der Waals surface area (Å²) < 4.78 is 18.3. The Morgan fingerprint density at radius 1 is 1.00 bits per heavy atom. The van der Waals surface area contributed by atoms with Crippen LogP contribution in [0.2, 0.25) is 0 Å². The second kappa shape index (κ2) is 6.71. The largest absolute Gasteiger partial charge is 0.496 e. The SMILES string of the molecule is COc1ccc(F)cc1C(=O)Nc1ccc(NC(C)=O)cc1. The molecule has 114 valence electrons. The number of anilines is 2. The van der Waals surface area contributed by atoms with Gasteiger partial charge >= 0.3 is 0 Å². The van der Waals surface area contributed by atoms with Crippen LogP contribution in [-0.2, 0) is 4.79 Å². The highest BCUT2D eigenvalue weighted by molar-refractivity contribution is 6.06. The van der Waals surface area contributed by atoms with Gasteiger partial charge in [-0.2, -0.15) is 0 Å². The quantitative estimate of drug-likeness (QED) is 0.912. The van der Waals surface area contributed by atoms with Gasteiger partial charge in [0.05, 0.1) is 12.7 Å². The van der Waals surface area contributed by atoms with Gasteiger partial charge < -0.3 is 15.4 Å². The first-order chi connectivity index (χ1) is 10.5. The van der Waals surface area contributed by atoms with Gasteiger partial charge in [-0.3, -0.25) is 9.59 Å². The van der Waals surface area contributed by atoms with Crippen LogP contribution in [0, 0.1) is 5.82 Å². The fraction of sp³-hybridized carbons (Fsp3) is 0.125. The summed E-state index contributed by atoms with van der Waals surface area (Å²) in [6, 6.07) is 10.3. The average molecular weight is 302 g/mol. The number of hydrogen-bond acceptors (Lipinski definition) is 3. The highest BCUT2D eigenvalue weighted by atomic mass is 19.1. The first kappa shape index (κ1) is 15.5. The van der Waals surface area contributed by atoms with E-state index in [1.165, 1.54) is 26.2 Å². The van der Waals surface area contributed by atoms with Crippen LogP contribution in [-0.4, -0.2) is 18.9 Å². The molecule has 0 spiro atoms. The summed E-state index contributed by atoms with van der Waals surface area (Å²) in [5.41, 5.74) is 1.24. The molecule has 22 heavy (non-hydrogen) atoms. The third-order valence-electron chi connectivity index (χ3n) is 2.87. The lowest BCUT2D eigenvalue weighted by Crippen LogP contribution is -2.13. The van der Waals surface area contributed by atoms with E-state index in [1.807, 2.05) is 0 Å². The molecule has 0 aromatic heterocycles. The molecule has 0 unspecified atom stereocenters. The normalized spacial score (nSPS) is 9.95. The molecule has 2 amide bonds. The molecule has 0 aliphatic carbocycles. The van der Waals surface area contributed by atoms with Gasteiger partial charge in [0.15, 0.2) is 0 Å². The van der Waals surface area contributed by atoms with Gasteiger partial charge in [-0.15, -0.1) is 0 Å². The van der Waals surface area contributed by atoms with Gasteiger partial charge in [-0.1, -0.05) is 0 Å². The van der Waals surface area contributed by atoms with Crippen molar-refractivity contribution in [3.63, 3.8) is 0 Å². The number of benzene rings is 2. The van der Waals surface area contributed by atoms with Gasteiger partial charge in [0.2, 0.25) is 5.91 Å². The van der Waals surface area contributed by atoms with Gasteiger partial charge in [0, 0.05) is 18.3 Å². The van der Waals surface area contributed by atoms with Crippen LogP contribution in [0.25, 0.3) is 0 Å². The first-order valence-electron chi connectivity index (χ1n) is 6.52. The van der Waals surface area contributed by atoms with Gasteiger partial charge in [-0.05, 0) is 42.5 Å². The minimum Gasteiger partial charge on any atom is -0.496 e. The zero-order chi connectivity index (χ0) is 16.1. The highest BCUT2D eigenvalue weighted by Crippen LogP contribution is 2.21. The number of halogens is 1. The van der Waals surface area contributed by atoms with E-state index in [4.69, 9.17) is 4.74 Å². The van der Waals surface area contributed by atoms with Crippen molar-refractivity contribution in [2.45, 2.75) is 6.92 Å². The summed E-state index contributed by atoms with van der Waals surface area (Å²) in [5.74, 6) is -0.898. The fourth-order valence-corrected chi connectivity index (χ4v) is 1.90. The second-order valence-electron chi connectivity index (χ2n) is 4.56. The van der Waals surface area contributed by atoms with Crippen molar-refractivity contribution in [3.8, 4) is 5.75 Å². The monoisotopic (exact) mass is 302 g/mol. The summed E-state index contributed by atoms with van der Waals surface area (Å²) in [4.78, 5) is 23.1. The number of rotatable bonds is 4. The molecule has 0 heterocycles. The van der Waals surface area contributed by atoms with E-state index >= 15 is 0 Å². The van der Waals surface area contributed by atoms with E-state index in [9.17, 15) is 14.0 Å². The Kier molecular flexibility index (Phi) is 4.73. The van der Waals surface area contributed by atoms with E-state index in [1.54, 1.807) is 24.3 Å². The Morgan fingerprint density at radius 2 is 1.59 bits per heavy atom. The molecule has 0 fully saturated rings. The summed E-state index contributed by atoms with van der Waals surface area (Å²) in [6.07, 6.45) is 0. The molecule has 2 aromatic rings. The van der Waals surface area contributed by atoms with Gasteiger partial charge in [-0.25, -0.2) is 4.39 Å². The van der Waals surface area contributed by atoms with Crippen LogP contribution in [0.3, 0.4) is 0 Å². The molecule has 5 nitrogen and oxygen atoms in total. The zero-order valence-corrected chi connectivity index (χ0v) is 12.1. The molecular weight excluding hydrogens is 287 g/mol. The third kappa shape index (κ3) is 3.82. The number of amides is 2. The first-order valence-corrected chi connectivity index (χ1v) is 6.52. The predicted molar refractivity (Wildman–Crippen MR) is 81.7 cm³/mol. The molecule has 0 aliphatic rings. The Hall–Kier alpha value is -2.89. The van der Waals surface area contributed by atoms with E-state index in [0.717, 1.165) is 6.07 Å². The van der Waals surface area contributed by atoms with Crippen molar-refractivity contribution in [2.75, 3.05) is 17.7 Å². The number of nitrogens with one attached hydrogen (secondary N) is 2. The molecule has 0 saturated heterocycles. The molecular formula is C16H15FN2O3. The van der Waals surface area contributed by atoms with E-state index in [0.29, 0.717) is 11.4 Å². The molecule has 0 bridgehead atoms. The number of carbonyl (C=O) groups is 2. The summed E-state index contributed by atoms with van der Waals surface area (Å²) >= 11 is 0. The van der Waals surface area contributed by atoms with Crippen molar-refractivity contribution >= 4 is 23.2 Å². The Balaban J connectivity index is 2.15. The predicted octanol–water partition coefficient (Wildman–Crippen LogP) is 3.05. The van der Waals surface area contributed by atoms with Crippen LogP contribution in [0.1, 0.15) is 17.3 Å². The lowest BCUT2D eigenvalue weighted by molar-refractivity contribution is -0.114. The Labute approximate surface area is 127 Å². The lowest BCUT2D eigenvalue weighted by Gasteiger charge is -2.10. The molecule has 2 N–H and O–H groups in total. The van der Waals surface area contributed by atoms with Crippen LogP contribution >= 0.6 is 0 Å². The fourth-order valence-electron chi connectivity index (χ4n) is 1.90. The highest BCUT2D eigenvalue weighted by Gasteiger charge is 2.13. The molecule has 6 heteroatoms. The van der Waals surface area contributed by atoms with E-state index in [-0.39, 0.29) is 17.2 Å². The maximum absolute atomic E-state index is 13.3. The summed E-state index contributed by atoms with van der Waals surface area (Å²) in [5, 5.41) is 5.26. The molecule has 0 aliphatic heterocycles. The smallest absolute Gasteiger partial charge is 0.259 e. The third-order valence-corrected chi connectivity index (χ3v) is 2.87. The van der Waals surface area contributed by atoms with Crippen LogP contribution in [0.4, 0.5) is 15.8 Å². The topological polar surface area (TPSA) is 67.4 Å². The van der Waals surface area contributed by atoms with Crippen LogP contribution in [0.15, 0.2) is 42.5 Å². The maximum Gasteiger partial charge on any atom is 0.259 e. The lowest BCUT2D eigenvalue weighted by atomic mass is 10.1. The van der Waals surface area contributed by atoms with Crippen LogP contribution in [0.5, 0.6) is 5.75 Å². The summed E-state index contributed by atoms with van der Waals surface area (Å²) in [7, 11) is 1.41. The number of carbonyl (C=O) groups excluding carboxylic acids is 2. The number of methoxy groups -OCH3 is 1. The standard InChI is InChI=1S/C16H15FN2O3/c1-10(20)18-12-4-6-13(7-5-12)19-16(21)14-9-11(17)3-8-15(14)22-2/h3-9H,1-2H3,(H,18,20)(H,19,21). The minimum atomic E-state index is -0.521. The van der Waals surface area contributed by atoms with E-state index < -0.39 is 11.7 Å². The van der Waals surface area contributed by atoms with Gasteiger partial charge in [0.25, 0.3) is 5.91 Å². The average Bonchev–Trinajstić information content (AvgIpc) is 2.48. The number of ether oxygens (including phenoxy) is 1.